The molecular weight excluding hydrogens is 362 g/mol. The summed E-state index contributed by atoms with van der Waals surface area (Å²) >= 11 is 9.28. The molecule has 0 heterocycles. The van der Waals surface area contributed by atoms with Crippen LogP contribution >= 0.6 is 27.5 Å². The molecule has 0 bridgehead atoms. The van der Waals surface area contributed by atoms with Crippen molar-refractivity contribution in [2.45, 2.75) is 18.7 Å². The van der Waals surface area contributed by atoms with Crippen molar-refractivity contribution in [3.05, 3.63) is 57.0 Å². The predicted molar refractivity (Wildman–Crippen MR) is 85.9 cm³/mol. The Balaban J connectivity index is 2.44. The van der Waals surface area contributed by atoms with E-state index in [1.807, 2.05) is 6.92 Å². The fourth-order valence-electron chi connectivity index (χ4n) is 1.74. The van der Waals surface area contributed by atoms with Gasteiger partial charge in [-0.3, -0.25) is 4.72 Å². The van der Waals surface area contributed by atoms with Crippen LogP contribution in [0, 0.1) is 13.8 Å². The Morgan fingerprint density at radius 1 is 1.15 bits per heavy atom. The van der Waals surface area contributed by atoms with E-state index in [1.165, 1.54) is 0 Å². The lowest BCUT2D eigenvalue weighted by molar-refractivity contribution is 0.600. The van der Waals surface area contributed by atoms with Crippen molar-refractivity contribution in [3.63, 3.8) is 0 Å². The van der Waals surface area contributed by atoms with Gasteiger partial charge in [0.05, 0.1) is 5.69 Å². The molecule has 0 amide bonds. The maximum atomic E-state index is 12.4. The molecule has 0 unspecified atom stereocenters. The van der Waals surface area contributed by atoms with Crippen molar-refractivity contribution in [2.24, 2.45) is 0 Å². The third-order valence-electron chi connectivity index (χ3n) is 2.89. The first-order chi connectivity index (χ1) is 9.31. The van der Waals surface area contributed by atoms with E-state index in [-0.39, 0.29) is 4.90 Å². The highest BCUT2D eigenvalue weighted by molar-refractivity contribution is 9.10. The Hall–Kier alpha value is -1.04. The maximum Gasteiger partial charge on any atom is 0.263 e. The average Bonchev–Trinajstić information content (AvgIpc) is 2.34. The minimum absolute atomic E-state index is 0.197. The molecule has 0 aliphatic heterocycles. The van der Waals surface area contributed by atoms with E-state index in [1.54, 1.807) is 43.3 Å². The number of hydrogen-bond acceptors (Lipinski definition) is 2. The summed E-state index contributed by atoms with van der Waals surface area (Å²) in [5.74, 6) is 0. The number of anilines is 1. The van der Waals surface area contributed by atoms with Crippen LogP contribution in [-0.4, -0.2) is 8.42 Å². The zero-order chi connectivity index (χ0) is 14.9. The zero-order valence-corrected chi connectivity index (χ0v) is 14.1. The van der Waals surface area contributed by atoms with Crippen molar-refractivity contribution in [1.29, 1.82) is 0 Å². The van der Waals surface area contributed by atoms with Gasteiger partial charge in [-0.05, 0) is 65.2 Å². The molecule has 0 saturated heterocycles. The second kappa shape index (κ2) is 5.76. The minimum Gasteiger partial charge on any atom is -0.279 e. The van der Waals surface area contributed by atoms with Gasteiger partial charge in [0.15, 0.2) is 0 Å². The fourth-order valence-corrected chi connectivity index (χ4v) is 4.23. The smallest absolute Gasteiger partial charge is 0.263 e. The summed E-state index contributed by atoms with van der Waals surface area (Å²) in [4.78, 5) is 0.197. The van der Waals surface area contributed by atoms with Crippen LogP contribution in [0.15, 0.2) is 45.8 Å². The molecule has 0 aliphatic carbocycles. The van der Waals surface area contributed by atoms with Gasteiger partial charge < -0.3 is 0 Å². The zero-order valence-electron chi connectivity index (χ0n) is 10.9. The van der Waals surface area contributed by atoms with E-state index < -0.39 is 10.0 Å². The van der Waals surface area contributed by atoms with Crippen molar-refractivity contribution < 1.29 is 8.42 Å². The first-order valence-electron chi connectivity index (χ1n) is 5.85. The third kappa shape index (κ3) is 3.16. The summed E-state index contributed by atoms with van der Waals surface area (Å²) < 4.78 is 27.9. The molecule has 1 N–H and O–H groups in total. The van der Waals surface area contributed by atoms with E-state index in [4.69, 9.17) is 11.6 Å². The minimum atomic E-state index is -3.66. The summed E-state index contributed by atoms with van der Waals surface area (Å²) in [6.45, 7) is 3.67. The van der Waals surface area contributed by atoms with Crippen LogP contribution < -0.4 is 4.72 Å². The first-order valence-corrected chi connectivity index (χ1v) is 8.51. The Labute approximate surface area is 132 Å². The number of sulfonamides is 1. The van der Waals surface area contributed by atoms with Gasteiger partial charge in [0, 0.05) is 9.50 Å². The van der Waals surface area contributed by atoms with Crippen molar-refractivity contribution in [2.75, 3.05) is 4.72 Å². The number of hydrogen-bond donors (Lipinski definition) is 1. The lowest BCUT2D eigenvalue weighted by atomic mass is 10.2. The van der Waals surface area contributed by atoms with E-state index >= 15 is 0 Å². The van der Waals surface area contributed by atoms with E-state index in [9.17, 15) is 8.42 Å². The molecule has 0 radical (unpaired) electrons. The number of rotatable bonds is 3. The van der Waals surface area contributed by atoms with Crippen LogP contribution in [0.5, 0.6) is 0 Å². The first kappa shape index (κ1) is 15.4. The van der Waals surface area contributed by atoms with Crippen LogP contribution in [0.1, 0.15) is 11.1 Å². The molecule has 3 nitrogen and oxygen atoms in total. The van der Waals surface area contributed by atoms with Gasteiger partial charge >= 0.3 is 0 Å². The molecule has 2 rings (SSSR count). The standard InChI is InChI=1S/C14H13BrClNO2S/c1-9-6-7-14(11(15)8-9)20(18,19)17-13-5-3-4-12(16)10(13)2/h3-8,17H,1-2H3. The fraction of sp³-hybridized carbons (Fsp3) is 0.143. The quantitative estimate of drug-likeness (QED) is 0.858. The Morgan fingerprint density at radius 2 is 1.85 bits per heavy atom. The molecule has 0 saturated carbocycles. The van der Waals surface area contributed by atoms with Crippen molar-refractivity contribution in [1.82, 2.24) is 0 Å². The van der Waals surface area contributed by atoms with Crippen LogP contribution in [-0.2, 0) is 10.0 Å². The van der Waals surface area contributed by atoms with Crippen LogP contribution in [0.25, 0.3) is 0 Å². The van der Waals surface area contributed by atoms with Gasteiger partial charge in [-0.2, -0.15) is 0 Å². The largest absolute Gasteiger partial charge is 0.279 e. The van der Waals surface area contributed by atoms with Gasteiger partial charge in [-0.25, -0.2) is 8.42 Å². The summed E-state index contributed by atoms with van der Waals surface area (Å²) in [6.07, 6.45) is 0. The molecular formula is C14H13BrClNO2S. The molecule has 0 fully saturated rings. The topological polar surface area (TPSA) is 46.2 Å². The summed E-state index contributed by atoms with van der Waals surface area (Å²) in [6, 6.07) is 10.2. The highest BCUT2D eigenvalue weighted by Gasteiger charge is 2.18. The number of nitrogens with one attached hydrogen (secondary N) is 1. The number of benzene rings is 2. The van der Waals surface area contributed by atoms with Gasteiger partial charge in [-0.15, -0.1) is 0 Å². The molecule has 0 spiro atoms. The Kier molecular flexibility index (Phi) is 4.42. The highest BCUT2D eigenvalue weighted by atomic mass is 79.9. The lowest BCUT2D eigenvalue weighted by Gasteiger charge is -2.12. The molecule has 20 heavy (non-hydrogen) atoms. The second-order valence-electron chi connectivity index (χ2n) is 4.45. The molecule has 106 valence electrons. The van der Waals surface area contributed by atoms with Crippen LogP contribution in [0.2, 0.25) is 5.02 Å². The highest BCUT2D eigenvalue weighted by Crippen LogP contribution is 2.28. The second-order valence-corrected chi connectivity index (χ2v) is 7.36. The van der Waals surface area contributed by atoms with Crippen LogP contribution in [0.3, 0.4) is 0 Å². The van der Waals surface area contributed by atoms with Crippen molar-refractivity contribution >= 4 is 43.2 Å². The molecule has 2 aromatic rings. The SMILES string of the molecule is Cc1ccc(S(=O)(=O)Nc2cccc(Cl)c2C)c(Br)c1. The Morgan fingerprint density at radius 3 is 2.50 bits per heavy atom. The molecule has 2 aromatic carbocycles. The number of aryl methyl sites for hydroxylation is 1. The maximum absolute atomic E-state index is 12.4. The lowest BCUT2D eigenvalue weighted by Crippen LogP contribution is -2.14. The van der Waals surface area contributed by atoms with E-state index in [2.05, 4.69) is 20.7 Å². The predicted octanol–water partition coefficient (Wildman–Crippen LogP) is 4.52. The number of halogens is 2. The van der Waals surface area contributed by atoms with E-state index in [0.717, 1.165) is 5.56 Å². The van der Waals surface area contributed by atoms with Gasteiger partial charge in [0.25, 0.3) is 10.0 Å². The monoisotopic (exact) mass is 373 g/mol. The summed E-state index contributed by atoms with van der Waals surface area (Å²) in [5, 5.41) is 0.521. The average molecular weight is 375 g/mol. The Bertz CT molecular complexity index is 760. The summed E-state index contributed by atoms with van der Waals surface area (Å²) in [5.41, 5.74) is 2.15. The summed E-state index contributed by atoms with van der Waals surface area (Å²) in [7, 11) is -3.66. The normalized spacial score (nSPS) is 11.4. The van der Waals surface area contributed by atoms with Crippen LogP contribution in [0.4, 0.5) is 5.69 Å². The van der Waals surface area contributed by atoms with Crippen molar-refractivity contribution in [3.8, 4) is 0 Å². The third-order valence-corrected chi connectivity index (χ3v) is 5.64. The van der Waals surface area contributed by atoms with Gasteiger partial charge in [0.2, 0.25) is 0 Å². The van der Waals surface area contributed by atoms with Gasteiger partial charge in [-0.1, -0.05) is 23.7 Å². The molecule has 0 atom stereocenters. The van der Waals surface area contributed by atoms with E-state index in [0.29, 0.717) is 20.7 Å². The molecule has 6 heteroatoms. The molecule has 0 aromatic heterocycles. The van der Waals surface area contributed by atoms with Gasteiger partial charge in [0.1, 0.15) is 4.90 Å². The molecule has 0 aliphatic rings.